The smallest absolute Gasteiger partial charge is 0.334 e. The van der Waals surface area contributed by atoms with Crippen LogP contribution in [0.4, 0.5) is 0 Å². The highest BCUT2D eigenvalue weighted by atomic mass is 16.5. The van der Waals surface area contributed by atoms with Crippen LogP contribution in [0.1, 0.15) is 46.0 Å². The Kier molecular flexibility index (Phi) is 5.79. The predicted octanol–water partition coefficient (Wildman–Crippen LogP) is 1.81. The van der Waals surface area contributed by atoms with Gasteiger partial charge in [-0.25, -0.2) is 4.79 Å². The molecule has 5 nitrogen and oxygen atoms in total. The highest BCUT2D eigenvalue weighted by Gasteiger charge is 2.28. The number of ether oxygens (including phenoxy) is 1. The Morgan fingerprint density at radius 3 is 2.42 bits per heavy atom. The molecule has 5 heteroatoms. The molecule has 1 saturated carbocycles. The first kappa shape index (κ1) is 16.0. The van der Waals surface area contributed by atoms with E-state index in [-0.39, 0.29) is 12.5 Å². The molecule has 1 aliphatic rings. The normalized spacial score (nSPS) is 20.8. The van der Waals surface area contributed by atoms with Crippen molar-refractivity contribution in [3.63, 3.8) is 0 Å². The number of rotatable bonds is 6. The van der Waals surface area contributed by atoms with Gasteiger partial charge in [-0.3, -0.25) is 4.79 Å². The van der Waals surface area contributed by atoms with Crippen molar-refractivity contribution in [1.29, 1.82) is 0 Å². The molecular formula is C14H25NO4. The molecule has 1 rings (SSSR count). The van der Waals surface area contributed by atoms with Crippen LogP contribution in [0, 0.1) is 11.3 Å². The molecule has 1 amide bonds. The Labute approximate surface area is 114 Å². The van der Waals surface area contributed by atoms with Gasteiger partial charge in [-0.15, -0.1) is 0 Å². The van der Waals surface area contributed by atoms with Gasteiger partial charge in [0.05, 0.1) is 6.54 Å². The summed E-state index contributed by atoms with van der Waals surface area (Å²) in [4.78, 5) is 22.5. The summed E-state index contributed by atoms with van der Waals surface area (Å²) in [6.07, 6.45) is 3.99. The van der Waals surface area contributed by atoms with Gasteiger partial charge in [0.15, 0.2) is 6.10 Å². The zero-order valence-corrected chi connectivity index (χ0v) is 12.1. The number of carbonyl (C=O) groups is 2. The van der Waals surface area contributed by atoms with Crippen LogP contribution in [0.5, 0.6) is 0 Å². The highest BCUT2D eigenvalue weighted by molar-refractivity contribution is 5.78. The van der Waals surface area contributed by atoms with E-state index in [1.54, 1.807) is 0 Å². The first-order valence-electron chi connectivity index (χ1n) is 6.86. The van der Waals surface area contributed by atoms with Crippen molar-refractivity contribution in [2.24, 2.45) is 11.3 Å². The molecule has 0 radical (unpaired) electrons. The monoisotopic (exact) mass is 271 g/mol. The number of carboxylic acids is 1. The molecule has 0 bridgehead atoms. The molecular weight excluding hydrogens is 246 g/mol. The van der Waals surface area contributed by atoms with E-state index >= 15 is 0 Å². The van der Waals surface area contributed by atoms with Crippen LogP contribution in [0.2, 0.25) is 0 Å². The Morgan fingerprint density at radius 1 is 1.37 bits per heavy atom. The number of hydrogen-bond donors (Lipinski definition) is 2. The fourth-order valence-electron chi connectivity index (χ4n) is 2.48. The number of carbonyl (C=O) groups excluding carboxylic acids is 1. The molecule has 110 valence electrons. The molecule has 0 spiro atoms. The van der Waals surface area contributed by atoms with Crippen LogP contribution in [-0.4, -0.2) is 36.7 Å². The molecule has 1 aliphatic carbocycles. The second-order valence-electron chi connectivity index (χ2n) is 6.18. The quantitative estimate of drug-likeness (QED) is 0.772. The summed E-state index contributed by atoms with van der Waals surface area (Å²) in [6, 6.07) is 0. The van der Waals surface area contributed by atoms with E-state index in [4.69, 9.17) is 9.84 Å². The van der Waals surface area contributed by atoms with Gasteiger partial charge in [0.1, 0.15) is 0 Å². The largest absolute Gasteiger partial charge is 0.479 e. The molecule has 0 heterocycles. The van der Waals surface area contributed by atoms with Gasteiger partial charge >= 0.3 is 5.97 Å². The first-order chi connectivity index (χ1) is 8.84. The van der Waals surface area contributed by atoms with Gasteiger partial charge in [0, 0.05) is 13.5 Å². The third kappa shape index (κ3) is 5.59. The molecule has 0 aromatic heterocycles. The van der Waals surface area contributed by atoms with Crippen molar-refractivity contribution in [2.45, 2.75) is 52.1 Å². The van der Waals surface area contributed by atoms with Crippen LogP contribution < -0.4 is 5.32 Å². The molecule has 0 aromatic rings. The van der Waals surface area contributed by atoms with Gasteiger partial charge in [-0.2, -0.15) is 0 Å². The van der Waals surface area contributed by atoms with Crippen molar-refractivity contribution in [3.05, 3.63) is 0 Å². The molecule has 0 aromatic carbocycles. The van der Waals surface area contributed by atoms with Crippen LogP contribution in [0.3, 0.4) is 0 Å². The summed E-state index contributed by atoms with van der Waals surface area (Å²) in [5.41, 5.74) is 0.400. The van der Waals surface area contributed by atoms with E-state index in [0.717, 1.165) is 25.7 Å². The lowest BCUT2D eigenvalue weighted by molar-refractivity contribution is -0.148. The zero-order valence-electron chi connectivity index (χ0n) is 12.1. The summed E-state index contributed by atoms with van der Waals surface area (Å²) in [5, 5.41) is 11.4. The number of aliphatic carboxylic acids is 1. The summed E-state index contributed by atoms with van der Waals surface area (Å²) < 4.78 is 4.77. The Hall–Kier alpha value is -1.10. The van der Waals surface area contributed by atoms with Gasteiger partial charge in [0.25, 0.3) is 0 Å². The first-order valence-corrected chi connectivity index (χ1v) is 6.86. The molecule has 0 aliphatic heterocycles. The number of methoxy groups -OCH3 is 1. The van der Waals surface area contributed by atoms with Crippen LogP contribution in [-0.2, 0) is 14.3 Å². The van der Waals surface area contributed by atoms with Gasteiger partial charge in [-0.05, 0) is 37.0 Å². The van der Waals surface area contributed by atoms with E-state index in [1.165, 1.54) is 7.11 Å². The topological polar surface area (TPSA) is 75.6 Å². The SMILES string of the molecule is COC(CNC(=O)CC1CCC(C)(C)CC1)C(=O)O. The fourth-order valence-corrected chi connectivity index (χ4v) is 2.48. The highest BCUT2D eigenvalue weighted by Crippen LogP contribution is 2.38. The lowest BCUT2D eigenvalue weighted by Crippen LogP contribution is -2.38. The Balaban J connectivity index is 2.27. The molecule has 19 heavy (non-hydrogen) atoms. The van der Waals surface area contributed by atoms with Crippen molar-refractivity contribution >= 4 is 11.9 Å². The number of carboxylic acid groups (broad SMARTS) is 1. The summed E-state index contributed by atoms with van der Waals surface area (Å²) in [7, 11) is 1.33. The molecule has 2 N–H and O–H groups in total. The van der Waals surface area contributed by atoms with Crippen molar-refractivity contribution in [2.75, 3.05) is 13.7 Å². The molecule has 0 saturated heterocycles. The van der Waals surface area contributed by atoms with Crippen molar-refractivity contribution in [1.82, 2.24) is 5.32 Å². The number of hydrogen-bond acceptors (Lipinski definition) is 3. The third-order valence-electron chi connectivity index (χ3n) is 3.98. The van der Waals surface area contributed by atoms with E-state index in [9.17, 15) is 9.59 Å². The average Bonchev–Trinajstić information content (AvgIpc) is 2.32. The molecule has 1 fully saturated rings. The zero-order chi connectivity index (χ0) is 14.5. The number of amides is 1. The van der Waals surface area contributed by atoms with Crippen LogP contribution in [0.25, 0.3) is 0 Å². The summed E-state index contributed by atoms with van der Waals surface area (Å²) in [6.45, 7) is 4.56. The standard InChI is InChI=1S/C14H25NO4/c1-14(2)6-4-10(5-7-14)8-12(16)15-9-11(19-3)13(17)18/h10-11H,4-9H2,1-3H3,(H,15,16)(H,17,18). The maximum Gasteiger partial charge on any atom is 0.334 e. The van der Waals surface area contributed by atoms with E-state index < -0.39 is 12.1 Å². The average molecular weight is 271 g/mol. The fraction of sp³-hybridized carbons (Fsp3) is 0.857. The minimum Gasteiger partial charge on any atom is -0.479 e. The Morgan fingerprint density at radius 2 is 1.95 bits per heavy atom. The maximum absolute atomic E-state index is 11.8. The maximum atomic E-state index is 11.8. The second-order valence-corrected chi connectivity index (χ2v) is 6.18. The van der Waals surface area contributed by atoms with E-state index in [0.29, 0.717) is 17.8 Å². The van der Waals surface area contributed by atoms with Crippen molar-refractivity contribution < 1.29 is 19.4 Å². The Bertz CT molecular complexity index is 317. The lowest BCUT2D eigenvalue weighted by Gasteiger charge is -2.34. The van der Waals surface area contributed by atoms with Gasteiger partial charge in [0.2, 0.25) is 5.91 Å². The van der Waals surface area contributed by atoms with Gasteiger partial charge in [-0.1, -0.05) is 13.8 Å². The molecule has 1 unspecified atom stereocenters. The van der Waals surface area contributed by atoms with Gasteiger partial charge < -0.3 is 15.2 Å². The summed E-state index contributed by atoms with van der Waals surface area (Å²) >= 11 is 0. The van der Waals surface area contributed by atoms with Crippen LogP contribution >= 0.6 is 0 Å². The van der Waals surface area contributed by atoms with E-state index in [1.807, 2.05) is 0 Å². The third-order valence-corrected chi connectivity index (χ3v) is 3.98. The number of nitrogens with one attached hydrogen (secondary N) is 1. The minimum absolute atomic E-state index is 0.0306. The lowest BCUT2D eigenvalue weighted by atomic mass is 9.72. The minimum atomic E-state index is -1.05. The molecule has 1 atom stereocenters. The van der Waals surface area contributed by atoms with E-state index in [2.05, 4.69) is 19.2 Å². The van der Waals surface area contributed by atoms with Crippen molar-refractivity contribution in [3.8, 4) is 0 Å². The van der Waals surface area contributed by atoms with Crippen LogP contribution in [0.15, 0.2) is 0 Å². The second kappa shape index (κ2) is 6.89. The summed E-state index contributed by atoms with van der Waals surface area (Å²) in [5.74, 6) is -0.700. The predicted molar refractivity (Wildman–Crippen MR) is 71.8 cm³/mol.